The molecular formula is C27H29N5O3S. The minimum atomic E-state index is -0.258. The standard InChI is InChI=1S/C27H29N5O3S/c1-18(23-7-6-16-35-23)28-29-24(33)17-36-26-31-30-25(19-8-10-20(11-9-19)27(2,3)4)32(26)21-12-14-22(34-5)15-13-21/h6-16H,17H2,1-5H3,(H,29,33)/b28-18+. The van der Waals surface area contributed by atoms with E-state index in [1.165, 1.54) is 17.3 Å². The number of aromatic nitrogens is 3. The van der Waals surface area contributed by atoms with Gasteiger partial charge in [0.2, 0.25) is 0 Å². The van der Waals surface area contributed by atoms with E-state index in [0.29, 0.717) is 22.5 Å². The monoisotopic (exact) mass is 503 g/mol. The van der Waals surface area contributed by atoms with E-state index >= 15 is 0 Å². The summed E-state index contributed by atoms with van der Waals surface area (Å²) in [6.45, 7) is 8.31. The van der Waals surface area contributed by atoms with Gasteiger partial charge in [-0.2, -0.15) is 5.10 Å². The van der Waals surface area contributed by atoms with Gasteiger partial charge in [0.15, 0.2) is 11.0 Å². The highest BCUT2D eigenvalue weighted by Crippen LogP contribution is 2.30. The fourth-order valence-electron chi connectivity index (χ4n) is 3.48. The van der Waals surface area contributed by atoms with E-state index in [4.69, 9.17) is 9.15 Å². The second-order valence-corrected chi connectivity index (χ2v) is 10.1. The van der Waals surface area contributed by atoms with Gasteiger partial charge in [-0.25, -0.2) is 5.43 Å². The number of methoxy groups -OCH3 is 1. The summed E-state index contributed by atoms with van der Waals surface area (Å²) in [5.41, 5.74) is 6.23. The third kappa shape index (κ3) is 5.85. The van der Waals surface area contributed by atoms with Crippen molar-refractivity contribution in [2.45, 2.75) is 38.3 Å². The molecular weight excluding hydrogens is 474 g/mol. The average Bonchev–Trinajstić information content (AvgIpc) is 3.56. The Kier molecular flexibility index (Phi) is 7.59. The molecule has 0 aliphatic carbocycles. The third-order valence-corrected chi connectivity index (χ3v) is 6.46. The first-order chi connectivity index (χ1) is 17.3. The van der Waals surface area contributed by atoms with Crippen LogP contribution < -0.4 is 10.2 Å². The van der Waals surface area contributed by atoms with Crippen molar-refractivity contribution in [2.75, 3.05) is 12.9 Å². The van der Waals surface area contributed by atoms with Crippen molar-refractivity contribution in [3.63, 3.8) is 0 Å². The van der Waals surface area contributed by atoms with Crippen molar-refractivity contribution in [3.8, 4) is 22.8 Å². The number of nitrogens with one attached hydrogen (secondary N) is 1. The molecule has 0 radical (unpaired) electrons. The lowest BCUT2D eigenvalue weighted by Gasteiger charge is -2.19. The molecule has 0 spiro atoms. The number of hydrogen-bond acceptors (Lipinski definition) is 7. The first-order valence-corrected chi connectivity index (χ1v) is 12.5. The van der Waals surface area contributed by atoms with Crippen molar-refractivity contribution in [1.29, 1.82) is 0 Å². The molecule has 8 nitrogen and oxygen atoms in total. The molecule has 0 atom stereocenters. The molecule has 0 saturated carbocycles. The summed E-state index contributed by atoms with van der Waals surface area (Å²) in [6.07, 6.45) is 1.56. The van der Waals surface area contributed by atoms with Gasteiger partial charge in [-0.15, -0.1) is 10.2 Å². The maximum Gasteiger partial charge on any atom is 0.250 e. The lowest BCUT2D eigenvalue weighted by Crippen LogP contribution is -2.21. The summed E-state index contributed by atoms with van der Waals surface area (Å²) in [5.74, 6) is 1.90. The maximum atomic E-state index is 12.5. The Labute approximate surface area is 214 Å². The first-order valence-electron chi connectivity index (χ1n) is 11.5. The molecule has 0 saturated heterocycles. The van der Waals surface area contributed by atoms with Gasteiger partial charge in [0.25, 0.3) is 5.91 Å². The highest BCUT2D eigenvalue weighted by atomic mass is 32.2. The maximum absolute atomic E-state index is 12.5. The summed E-state index contributed by atoms with van der Waals surface area (Å²) in [5, 5.41) is 13.6. The van der Waals surface area contributed by atoms with E-state index in [-0.39, 0.29) is 17.1 Å². The van der Waals surface area contributed by atoms with Crippen molar-refractivity contribution in [2.24, 2.45) is 5.10 Å². The van der Waals surface area contributed by atoms with Gasteiger partial charge in [-0.1, -0.05) is 56.8 Å². The van der Waals surface area contributed by atoms with E-state index in [0.717, 1.165) is 17.0 Å². The highest BCUT2D eigenvalue weighted by Gasteiger charge is 2.19. The Balaban J connectivity index is 1.58. The number of hydrogen-bond donors (Lipinski definition) is 1. The number of nitrogens with zero attached hydrogens (tertiary/aromatic N) is 4. The van der Waals surface area contributed by atoms with Gasteiger partial charge in [0, 0.05) is 11.3 Å². The topological polar surface area (TPSA) is 94.5 Å². The number of rotatable bonds is 8. The van der Waals surface area contributed by atoms with Crippen molar-refractivity contribution >= 4 is 23.4 Å². The van der Waals surface area contributed by atoms with Crippen LogP contribution in [0.1, 0.15) is 39.0 Å². The van der Waals surface area contributed by atoms with Crippen LogP contribution in [0.25, 0.3) is 17.1 Å². The number of carbonyl (C=O) groups is 1. The van der Waals surface area contributed by atoms with Crippen LogP contribution in [-0.2, 0) is 10.2 Å². The molecule has 1 N–H and O–H groups in total. The van der Waals surface area contributed by atoms with Crippen LogP contribution >= 0.6 is 11.8 Å². The van der Waals surface area contributed by atoms with Gasteiger partial charge in [0.05, 0.1) is 19.1 Å². The molecule has 2 heterocycles. The lowest BCUT2D eigenvalue weighted by atomic mass is 9.87. The molecule has 2 aromatic heterocycles. The summed E-state index contributed by atoms with van der Waals surface area (Å²) < 4.78 is 12.5. The van der Waals surface area contributed by atoms with Gasteiger partial charge in [0.1, 0.15) is 17.2 Å². The van der Waals surface area contributed by atoms with Gasteiger partial charge >= 0.3 is 0 Å². The number of ether oxygens (including phenoxy) is 1. The number of hydrazone groups is 1. The van der Waals surface area contributed by atoms with E-state index in [9.17, 15) is 4.79 Å². The van der Waals surface area contributed by atoms with Crippen LogP contribution in [0, 0.1) is 0 Å². The van der Waals surface area contributed by atoms with E-state index < -0.39 is 0 Å². The number of furan rings is 1. The zero-order valence-electron chi connectivity index (χ0n) is 21.0. The molecule has 2 aromatic carbocycles. The summed E-state index contributed by atoms with van der Waals surface area (Å²) in [6, 6.07) is 19.5. The Bertz CT molecular complexity index is 1340. The Hall–Kier alpha value is -3.85. The Morgan fingerprint density at radius 2 is 1.81 bits per heavy atom. The summed E-state index contributed by atoms with van der Waals surface area (Å²) >= 11 is 1.29. The molecule has 0 bridgehead atoms. The number of amides is 1. The SMILES string of the molecule is COc1ccc(-n2c(SCC(=O)N/N=C(\C)c3ccco3)nnc2-c2ccc(C(C)(C)C)cc2)cc1. The molecule has 186 valence electrons. The number of thioether (sulfide) groups is 1. The van der Waals surface area contributed by atoms with Crippen molar-refractivity contribution in [1.82, 2.24) is 20.2 Å². The zero-order chi connectivity index (χ0) is 25.7. The van der Waals surface area contributed by atoms with Crippen molar-refractivity contribution in [3.05, 3.63) is 78.3 Å². The smallest absolute Gasteiger partial charge is 0.250 e. The molecule has 1 amide bonds. The molecule has 0 aliphatic rings. The molecule has 36 heavy (non-hydrogen) atoms. The van der Waals surface area contributed by atoms with Crippen LogP contribution in [-0.4, -0.2) is 39.2 Å². The van der Waals surface area contributed by atoms with Crippen LogP contribution in [0.15, 0.2) is 81.6 Å². The lowest BCUT2D eigenvalue weighted by molar-refractivity contribution is -0.118. The second-order valence-electron chi connectivity index (χ2n) is 9.17. The molecule has 9 heteroatoms. The quantitative estimate of drug-likeness (QED) is 0.195. The molecule has 4 aromatic rings. The van der Waals surface area contributed by atoms with E-state index in [2.05, 4.69) is 65.8 Å². The van der Waals surface area contributed by atoms with Gasteiger partial charge < -0.3 is 9.15 Å². The van der Waals surface area contributed by atoms with Gasteiger partial charge in [-0.05, 0) is 54.3 Å². The molecule has 0 aliphatic heterocycles. The fourth-order valence-corrected chi connectivity index (χ4v) is 4.23. The Morgan fingerprint density at radius 1 is 1.08 bits per heavy atom. The van der Waals surface area contributed by atoms with Gasteiger partial charge in [-0.3, -0.25) is 9.36 Å². The first kappa shape index (κ1) is 25.2. The van der Waals surface area contributed by atoms with Crippen LogP contribution in [0.2, 0.25) is 0 Å². The normalized spacial score (nSPS) is 12.0. The molecule has 0 unspecified atom stereocenters. The largest absolute Gasteiger partial charge is 0.497 e. The van der Waals surface area contributed by atoms with E-state index in [1.54, 1.807) is 32.4 Å². The van der Waals surface area contributed by atoms with E-state index in [1.807, 2.05) is 28.8 Å². The molecule has 0 fully saturated rings. The minimum Gasteiger partial charge on any atom is -0.497 e. The van der Waals surface area contributed by atoms with Crippen LogP contribution in [0.4, 0.5) is 0 Å². The number of benzene rings is 2. The number of carbonyl (C=O) groups excluding carboxylic acids is 1. The summed E-state index contributed by atoms with van der Waals surface area (Å²) in [7, 11) is 1.63. The Morgan fingerprint density at radius 3 is 2.42 bits per heavy atom. The molecule has 4 rings (SSSR count). The van der Waals surface area contributed by atoms with Crippen molar-refractivity contribution < 1.29 is 13.9 Å². The fraction of sp³-hybridized carbons (Fsp3) is 0.259. The average molecular weight is 504 g/mol. The predicted octanol–water partition coefficient (Wildman–Crippen LogP) is 5.47. The summed E-state index contributed by atoms with van der Waals surface area (Å²) in [4.78, 5) is 12.5. The minimum absolute atomic E-state index is 0.0499. The van der Waals surface area contributed by atoms with Crippen LogP contribution in [0.3, 0.4) is 0 Å². The predicted molar refractivity (Wildman–Crippen MR) is 142 cm³/mol. The third-order valence-electron chi connectivity index (χ3n) is 5.53. The van der Waals surface area contributed by atoms with Crippen LogP contribution in [0.5, 0.6) is 5.75 Å². The highest BCUT2D eigenvalue weighted by molar-refractivity contribution is 7.99. The second kappa shape index (κ2) is 10.8. The zero-order valence-corrected chi connectivity index (χ0v) is 21.8.